The first-order chi connectivity index (χ1) is 9.01. The van der Waals surface area contributed by atoms with E-state index < -0.39 is 10.0 Å². The molecule has 0 amide bonds. The highest BCUT2D eigenvalue weighted by molar-refractivity contribution is 7.93. The number of anilines is 2. The monoisotopic (exact) mass is 299 g/mol. The average molecular weight is 299 g/mol. The molecule has 0 aliphatic heterocycles. The predicted octanol–water partition coefficient (Wildman–Crippen LogP) is 1.47. The van der Waals surface area contributed by atoms with Gasteiger partial charge >= 0.3 is 0 Å². The van der Waals surface area contributed by atoms with Crippen molar-refractivity contribution in [2.45, 2.75) is 18.7 Å². The van der Waals surface area contributed by atoms with Gasteiger partial charge in [-0.05, 0) is 26.0 Å². The number of pyridine rings is 1. The Labute approximate surface area is 115 Å². The molecule has 9 heteroatoms. The van der Waals surface area contributed by atoms with Gasteiger partial charge in [0.15, 0.2) is 0 Å². The Hall–Kier alpha value is -1.74. The molecule has 0 aliphatic carbocycles. The lowest BCUT2D eigenvalue weighted by atomic mass is 10.4. The zero-order valence-electron chi connectivity index (χ0n) is 10.4. The van der Waals surface area contributed by atoms with Gasteiger partial charge in [0.1, 0.15) is 15.7 Å². The van der Waals surface area contributed by atoms with Crippen LogP contribution in [0.3, 0.4) is 0 Å². The topological polar surface area (TPSA) is 96.9 Å². The highest BCUT2D eigenvalue weighted by atomic mass is 32.2. The van der Waals surface area contributed by atoms with Gasteiger partial charge < -0.3 is 5.32 Å². The molecule has 0 aliphatic rings. The lowest BCUT2D eigenvalue weighted by molar-refractivity contribution is 0.600. The largest absolute Gasteiger partial charge is 0.370 e. The summed E-state index contributed by atoms with van der Waals surface area (Å²) in [5.74, 6) is 0.633. The Morgan fingerprint density at radius 3 is 2.63 bits per heavy atom. The molecule has 2 rings (SSSR count). The minimum Gasteiger partial charge on any atom is -0.370 e. The molecule has 2 aromatic rings. The number of nitrogens with one attached hydrogen (secondary N) is 2. The molecule has 0 fully saturated rings. The van der Waals surface area contributed by atoms with Gasteiger partial charge in [-0.2, -0.15) is 0 Å². The Balaban J connectivity index is 2.19. The van der Waals surface area contributed by atoms with Crippen molar-refractivity contribution >= 4 is 32.3 Å². The summed E-state index contributed by atoms with van der Waals surface area (Å²) in [6.07, 6.45) is 1.30. The standard InChI is InChI=1S/C10H13N5O2S2/c1-3-11-9-5-4-8(6-12-9)19(16,17)15-10-14-13-7(2)18-10/h4-6H,3H2,1-2H3,(H,11,12)(H,14,15). The first kappa shape index (κ1) is 13.7. The maximum atomic E-state index is 12.0. The molecule has 0 saturated carbocycles. The second kappa shape index (κ2) is 5.49. The quantitative estimate of drug-likeness (QED) is 0.868. The summed E-state index contributed by atoms with van der Waals surface area (Å²) >= 11 is 1.18. The Kier molecular flexibility index (Phi) is 3.96. The van der Waals surface area contributed by atoms with Crippen LogP contribution in [0.25, 0.3) is 0 Å². The Morgan fingerprint density at radius 2 is 2.11 bits per heavy atom. The highest BCUT2D eigenvalue weighted by Gasteiger charge is 2.16. The van der Waals surface area contributed by atoms with Crippen molar-refractivity contribution in [1.29, 1.82) is 0 Å². The third kappa shape index (κ3) is 3.38. The van der Waals surface area contributed by atoms with Crippen LogP contribution in [0.1, 0.15) is 11.9 Å². The summed E-state index contributed by atoms with van der Waals surface area (Å²) < 4.78 is 26.5. The molecule has 19 heavy (non-hydrogen) atoms. The van der Waals surface area contributed by atoms with Gasteiger partial charge in [0.2, 0.25) is 5.13 Å². The normalized spacial score (nSPS) is 11.3. The molecule has 0 unspecified atom stereocenters. The molecule has 2 N–H and O–H groups in total. The molecule has 0 saturated heterocycles. The summed E-state index contributed by atoms with van der Waals surface area (Å²) in [4.78, 5) is 4.10. The van der Waals surface area contributed by atoms with Crippen LogP contribution in [-0.2, 0) is 10.0 Å². The van der Waals surface area contributed by atoms with Crippen LogP contribution < -0.4 is 10.0 Å². The molecular weight excluding hydrogens is 286 g/mol. The fraction of sp³-hybridized carbons (Fsp3) is 0.300. The highest BCUT2D eigenvalue weighted by Crippen LogP contribution is 2.19. The lowest BCUT2D eigenvalue weighted by Gasteiger charge is -2.06. The zero-order chi connectivity index (χ0) is 13.9. The first-order valence-corrected chi connectivity index (χ1v) is 7.84. The van der Waals surface area contributed by atoms with E-state index in [0.717, 1.165) is 6.54 Å². The van der Waals surface area contributed by atoms with E-state index in [1.54, 1.807) is 13.0 Å². The van der Waals surface area contributed by atoms with E-state index in [1.807, 2.05) is 6.92 Å². The Morgan fingerprint density at radius 1 is 1.32 bits per heavy atom. The maximum absolute atomic E-state index is 12.0. The van der Waals surface area contributed by atoms with Crippen LogP contribution in [0.15, 0.2) is 23.2 Å². The summed E-state index contributed by atoms with van der Waals surface area (Å²) in [5, 5.41) is 11.4. The van der Waals surface area contributed by atoms with Crippen LogP contribution >= 0.6 is 11.3 Å². The second-order valence-corrected chi connectivity index (χ2v) is 6.51. The number of hydrogen-bond donors (Lipinski definition) is 2. The van der Waals surface area contributed by atoms with Crippen molar-refractivity contribution in [3.8, 4) is 0 Å². The van der Waals surface area contributed by atoms with E-state index in [4.69, 9.17) is 0 Å². The number of aryl methyl sites for hydroxylation is 1. The molecule has 0 radical (unpaired) electrons. The van der Waals surface area contributed by atoms with E-state index in [1.165, 1.54) is 23.6 Å². The van der Waals surface area contributed by atoms with Gasteiger partial charge in [-0.25, -0.2) is 13.4 Å². The molecule has 0 bridgehead atoms. The molecule has 0 atom stereocenters. The van der Waals surface area contributed by atoms with Gasteiger partial charge in [0.05, 0.1) is 0 Å². The number of aromatic nitrogens is 3. The first-order valence-electron chi connectivity index (χ1n) is 5.54. The molecule has 0 spiro atoms. The van der Waals surface area contributed by atoms with Gasteiger partial charge in [-0.3, -0.25) is 4.72 Å². The molecule has 2 heterocycles. The lowest BCUT2D eigenvalue weighted by Crippen LogP contribution is -2.13. The van der Waals surface area contributed by atoms with Crippen LogP contribution in [0.4, 0.5) is 10.9 Å². The fourth-order valence-electron chi connectivity index (χ4n) is 1.34. The number of sulfonamides is 1. The zero-order valence-corrected chi connectivity index (χ0v) is 12.0. The third-order valence-electron chi connectivity index (χ3n) is 2.15. The molecule has 7 nitrogen and oxygen atoms in total. The fourth-order valence-corrected chi connectivity index (χ4v) is 3.10. The van der Waals surface area contributed by atoms with E-state index in [2.05, 4.69) is 25.2 Å². The van der Waals surface area contributed by atoms with E-state index in [9.17, 15) is 8.42 Å². The maximum Gasteiger partial charge on any atom is 0.265 e. The van der Waals surface area contributed by atoms with Crippen LogP contribution in [-0.4, -0.2) is 30.1 Å². The predicted molar refractivity (Wildman–Crippen MR) is 73.9 cm³/mol. The summed E-state index contributed by atoms with van der Waals surface area (Å²) in [6, 6.07) is 3.10. The number of rotatable bonds is 5. The van der Waals surface area contributed by atoms with Crippen LogP contribution in [0.2, 0.25) is 0 Å². The van der Waals surface area contributed by atoms with Gasteiger partial charge in [0.25, 0.3) is 10.0 Å². The molecule has 102 valence electrons. The van der Waals surface area contributed by atoms with Crippen LogP contribution in [0, 0.1) is 6.92 Å². The molecule has 0 aromatic carbocycles. The van der Waals surface area contributed by atoms with Crippen LogP contribution in [0.5, 0.6) is 0 Å². The third-order valence-corrected chi connectivity index (χ3v) is 4.36. The smallest absolute Gasteiger partial charge is 0.265 e. The molecule has 2 aromatic heterocycles. The number of nitrogens with zero attached hydrogens (tertiary/aromatic N) is 3. The minimum absolute atomic E-state index is 0.0852. The van der Waals surface area contributed by atoms with E-state index in [-0.39, 0.29) is 10.0 Å². The molecular formula is C10H13N5O2S2. The summed E-state index contributed by atoms with van der Waals surface area (Å²) in [7, 11) is -3.66. The van der Waals surface area contributed by atoms with Gasteiger partial charge in [-0.1, -0.05) is 11.3 Å². The summed E-state index contributed by atoms with van der Waals surface area (Å²) in [5.41, 5.74) is 0. The Bertz CT molecular complexity index is 651. The SMILES string of the molecule is CCNc1ccc(S(=O)(=O)Nc2nnc(C)s2)cn1. The van der Waals surface area contributed by atoms with Crippen molar-refractivity contribution in [3.63, 3.8) is 0 Å². The van der Waals surface area contributed by atoms with Gasteiger partial charge in [-0.15, -0.1) is 10.2 Å². The van der Waals surface area contributed by atoms with Crippen molar-refractivity contribution < 1.29 is 8.42 Å². The average Bonchev–Trinajstić information content (AvgIpc) is 2.75. The van der Waals surface area contributed by atoms with Crippen molar-refractivity contribution in [3.05, 3.63) is 23.3 Å². The minimum atomic E-state index is -3.66. The van der Waals surface area contributed by atoms with E-state index in [0.29, 0.717) is 10.8 Å². The van der Waals surface area contributed by atoms with E-state index >= 15 is 0 Å². The second-order valence-electron chi connectivity index (χ2n) is 3.64. The van der Waals surface area contributed by atoms with Crippen molar-refractivity contribution in [2.75, 3.05) is 16.6 Å². The van der Waals surface area contributed by atoms with Crippen molar-refractivity contribution in [2.24, 2.45) is 0 Å². The summed E-state index contributed by atoms with van der Waals surface area (Å²) in [6.45, 7) is 4.41. The van der Waals surface area contributed by atoms with Crippen molar-refractivity contribution in [1.82, 2.24) is 15.2 Å². The van der Waals surface area contributed by atoms with Gasteiger partial charge in [0, 0.05) is 12.7 Å². The number of hydrogen-bond acceptors (Lipinski definition) is 7.